The Morgan fingerprint density at radius 2 is 0.868 bits per heavy atom. The van der Waals surface area contributed by atoms with Crippen LogP contribution < -0.4 is 11.5 Å². The molecule has 6 N–H and O–H groups in total. The van der Waals surface area contributed by atoms with Gasteiger partial charge in [0.1, 0.15) is 5.41 Å². The predicted octanol–water partition coefficient (Wildman–Crippen LogP) is 7.82. The van der Waals surface area contributed by atoms with Crippen molar-refractivity contribution in [1.82, 2.24) is 9.80 Å². The van der Waals surface area contributed by atoms with E-state index in [1.54, 1.807) is 0 Å². The number of carboxylic acids is 2. The normalized spacial score (nSPS) is 14.3. The van der Waals surface area contributed by atoms with Crippen LogP contribution in [0.1, 0.15) is 49.7 Å². The number of aliphatic carboxylic acids is 2. The van der Waals surface area contributed by atoms with Crippen molar-refractivity contribution >= 4 is 93.5 Å². The number of imide groups is 2. The van der Waals surface area contributed by atoms with E-state index in [1.165, 1.54) is 9.80 Å². The van der Waals surface area contributed by atoms with Crippen molar-refractivity contribution in [2.45, 2.75) is 63.7 Å². The largest absolute Gasteiger partial charge is 0.490 e. The number of carbonyl (C=O) groups excluding carboxylic acids is 3. The van der Waals surface area contributed by atoms with Gasteiger partial charge in [-0.3, -0.25) is 19.4 Å². The molecule has 2 aromatic rings. The number of halogens is 10. The summed E-state index contributed by atoms with van der Waals surface area (Å²) in [5, 5.41) is 14.2. The molecule has 11 nitrogen and oxygen atoms in total. The zero-order valence-corrected chi connectivity index (χ0v) is 34.1. The Morgan fingerprint density at radius 1 is 0.585 bits per heavy atom. The first-order valence-corrected chi connectivity index (χ1v) is 18.8. The minimum Gasteiger partial charge on any atom is -0.475 e. The minimum atomic E-state index is -5.08. The number of rotatable bonds is 14. The maximum Gasteiger partial charge on any atom is 0.490 e. The molecule has 0 radical (unpaired) electrons. The van der Waals surface area contributed by atoms with Crippen LogP contribution in [0.25, 0.3) is 0 Å². The molecular formula is C32H36Br4F6N4O7. The summed E-state index contributed by atoms with van der Waals surface area (Å²) in [5.74, 6) is -6.41. The zero-order valence-electron chi connectivity index (χ0n) is 27.7. The van der Waals surface area contributed by atoms with E-state index in [4.69, 9.17) is 31.3 Å². The number of unbranched alkanes of at least 4 members (excludes halogenated alkanes) is 4. The third-order valence-corrected chi connectivity index (χ3v) is 9.12. The highest BCUT2D eigenvalue weighted by Crippen LogP contribution is 2.39. The monoisotopic (exact) mass is 1020 g/mol. The van der Waals surface area contributed by atoms with Crippen LogP contribution in [0.3, 0.4) is 0 Å². The Bertz CT molecular complexity index is 1440. The molecule has 1 saturated heterocycles. The van der Waals surface area contributed by atoms with E-state index >= 15 is 0 Å². The van der Waals surface area contributed by atoms with Gasteiger partial charge in [-0.1, -0.05) is 76.6 Å². The van der Waals surface area contributed by atoms with Crippen molar-refractivity contribution in [1.29, 1.82) is 0 Å². The Labute approximate surface area is 334 Å². The van der Waals surface area contributed by atoms with Gasteiger partial charge >= 0.3 is 30.3 Å². The lowest BCUT2D eigenvalue weighted by atomic mass is 9.72. The van der Waals surface area contributed by atoms with Crippen LogP contribution in [0, 0.1) is 5.41 Å². The SMILES string of the molecule is NCCCCCN1C(=O)N(CCCCCN)C(=O)C(Cc2cc(Br)cc(Br)c2)(Cc2cc(Br)cc(Br)c2)C1=O.O=C(O)C(F)(F)F.O=C(O)C(F)(F)F. The molecule has 1 aliphatic rings. The van der Waals surface area contributed by atoms with Crippen molar-refractivity contribution in [3.05, 3.63) is 65.4 Å². The molecule has 296 valence electrons. The van der Waals surface area contributed by atoms with Gasteiger partial charge < -0.3 is 21.7 Å². The lowest BCUT2D eigenvalue weighted by molar-refractivity contribution is -0.193. The molecular weight excluding hydrogens is 986 g/mol. The Hall–Kier alpha value is -2.59. The number of nitrogens with zero attached hydrogens (tertiary/aromatic N) is 2. The number of hydrogen-bond donors (Lipinski definition) is 4. The van der Waals surface area contributed by atoms with E-state index in [1.807, 2.05) is 36.4 Å². The van der Waals surface area contributed by atoms with Gasteiger partial charge in [-0.05, 0) is 99.1 Å². The Morgan fingerprint density at radius 3 is 1.11 bits per heavy atom. The molecule has 4 amide bonds. The van der Waals surface area contributed by atoms with E-state index in [-0.39, 0.29) is 25.9 Å². The average molecular weight is 1020 g/mol. The van der Waals surface area contributed by atoms with Crippen LogP contribution in [0.5, 0.6) is 0 Å². The zero-order chi connectivity index (χ0) is 40.7. The molecule has 21 heteroatoms. The quantitative estimate of drug-likeness (QED) is 0.0833. The molecule has 0 aromatic heterocycles. The number of barbiturate groups is 1. The van der Waals surface area contributed by atoms with Crippen molar-refractivity contribution in [3.63, 3.8) is 0 Å². The first kappa shape index (κ1) is 48.4. The smallest absolute Gasteiger partial charge is 0.475 e. The maximum absolute atomic E-state index is 14.4. The third-order valence-electron chi connectivity index (χ3n) is 7.28. The summed E-state index contributed by atoms with van der Waals surface area (Å²) in [7, 11) is 0. The van der Waals surface area contributed by atoms with E-state index in [0.717, 1.165) is 54.7 Å². The molecule has 1 heterocycles. The number of hydrogen-bond acceptors (Lipinski definition) is 7. The summed E-state index contributed by atoms with van der Waals surface area (Å²) < 4.78 is 66.8. The summed E-state index contributed by atoms with van der Waals surface area (Å²) in [5.41, 5.74) is 11.5. The molecule has 0 unspecified atom stereocenters. The van der Waals surface area contributed by atoms with Crippen LogP contribution in [-0.4, -0.2) is 88.3 Å². The summed E-state index contributed by atoms with van der Waals surface area (Å²) in [6.07, 6.45) is -5.40. The number of benzene rings is 2. The fourth-order valence-corrected chi connectivity index (χ4v) is 7.77. The number of amides is 4. The standard InChI is InChI=1S/C28H34Br4N4O3.2C2HF3O2/c29-21-11-19(12-22(30)15-21)17-28(18-20-13-23(31)16-24(32)14-20)25(37)35(9-5-1-3-7-33)27(39)36(26(28)38)10-6-2-4-8-34;2*3-2(4,5)1(6)7/h11-16H,1-10,17-18,33-34H2;2*(H,6,7). The number of urea groups is 1. The van der Waals surface area contributed by atoms with E-state index < -0.39 is 47.6 Å². The van der Waals surface area contributed by atoms with E-state index in [2.05, 4.69) is 63.7 Å². The molecule has 2 aromatic carbocycles. The summed E-state index contributed by atoms with van der Waals surface area (Å²) in [6.45, 7) is 1.59. The average Bonchev–Trinajstić information content (AvgIpc) is 3.02. The van der Waals surface area contributed by atoms with Crippen LogP contribution in [-0.2, 0) is 32.0 Å². The minimum absolute atomic E-state index is 0.152. The molecule has 1 fully saturated rings. The number of carboxylic acid groups (broad SMARTS) is 2. The van der Waals surface area contributed by atoms with Gasteiger partial charge in [0.05, 0.1) is 0 Å². The lowest BCUT2D eigenvalue weighted by Gasteiger charge is -2.44. The molecule has 1 aliphatic heterocycles. The molecule has 0 aliphatic carbocycles. The Kier molecular flexibility index (Phi) is 20.2. The second-order valence-corrected chi connectivity index (χ2v) is 15.2. The van der Waals surface area contributed by atoms with E-state index in [0.29, 0.717) is 25.9 Å². The summed E-state index contributed by atoms with van der Waals surface area (Å²) >= 11 is 14.1. The van der Waals surface area contributed by atoms with Crippen LogP contribution in [0.2, 0.25) is 0 Å². The van der Waals surface area contributed by atoms with Crippen LogP contribution in [0.4, 0.5) is 31.1 Å². The van der Waals surface area contributed by atoms with Crippen LogP contribution >= 0.6 is 63.7 Å². The topological polar surface area (TPSA) is 184 Å². The molecule has 53 heavy (non-hydrogen) atoms. The van der Waals surface area contributed by atoms with Gasteiger partial charge in [0.2, 0.25) is 11.8 Å². The Balaban J connectivity index is 0.000000845. The van der Waals surface area contributed by atoms with Crippen molar-refractivity contribution < 1.29 is 60.5 Å². The third kappa shape index (κ3) is 16.0. The first-order chi connectivity index (χ1) is 24.5. The summed E-state index contributed by atoms with van der Waals surface area (Å²) in [6, 6.07) is 10.9. The number of alkyl halides is 6. The fourth-order valence-electron chi connectivity index (χ4n) is 4.99. The maximum atomic E-state index is 14.4. The number of nitrogens with two attached hydrogens (primary N) is 2. The van der Waals surface area contributed by atoms with Crippen molar-refractivity contribution in [2.24, 2.45) is 16.9 Å². The van der Waals surface area contributed by atoms with Crippen molar-refractivity contribution in [3.8, 4) is 0 Å². The van der Waals surface area contributed by atoms with Gasteiger partial charge in [-0.15, -0.1) is 0 Å². The van der Waals surface area contributed by atoms with E-state index in [9.17, 15) is 40.7 Å². The highest BCUT2D eigenvalue weighted by atomic mass is 79.9. The second kappa shape index (κ2) is 22.1. The second-order valence-electron chi connectivity index (χ2n) is 11.5. The lowest BCUT2D eigenvalue weighted by Crippen LogP contribution is -2.66. The molecule has 0 saturated carbocycles. The van der Waals surface area contributed by atoms with Crippen LogP contribution in [0.15, 0.2) is 54.3 Å². The molecule has 0 atom stereocenters. The van der Waals surface area contributed by atoms with Gasteiger partial charge in [-0.2, -0.15) is 26.3 Å². The van der Waals surface area contributed by atoms with Gasteiger partial charge in [0.15, 0.2) is 0 Å². The van der Waals surface area contributed by atoms with Gasteiger partial charge in [-0.25, -0.2) is 14.4 Å². The van der Waals surface area contributed by atoms with Crippen molar-refractivity contribution in [2.75, 3.05) is 26.2 Å². The first-order valence-electron chi connectivity index (χ1n) is 15.6. The molecule has 0 bridgehead atoms. The summed E-state index contributed by atoms with van der Waals surface area (Å²) in [4.78, 5) is 62.7. The predicted molar refractivity (Wildman–Crippen MR) is 196 cm³/mol. The fraction of sp³-hybridized carbons (Fsp3) is 0.469. The highest BCUT2D eigenvalue weighted by molar-refractivity contribution is 9.11. The molecule has 3 rings (SSSR count). The highest BCUT2D eigenvalue weighted by Gasteiger charge is 2.57. The molecule has 0 spiro atoms. The van der Waals surface area contributed by atoms with Gasteiger partial charge in [0.25, 0.3) is 0 Å². The number of carbonyl (C=O) groups is 5. The van der Waals surface area contributed by atoms with Gasteiger partial charge in [0, 0.05) is 31.0 Å².